The van der Waals surface area contributed by atoms with Gasteiger partial charge in [0.25, 0.3) is 8.32 Å². The number of carbonyl (C=O) groups excluding carboxylic acids is 2. The Labute approximate surface area is 380 Å². The summed E-state index contributed by atoms with van der Waals surface area (Å²) in [5.74, 6) is -2.29. The predicted molar refractivity (Wildman–Crippen MR) is 258 cm³/mol. The van der Waals surface area contributed by atoms with Crippen molar-refractivity contribution in [2.75, 3.05) is 26.3 Å². The van der Waals surface area contributed by atoms with Crippen LogP contribution in [0.2, 0.25) is 5.04 Å². The number of fused-ring (bicyclic) bond motifs is 2. The lowest BCUT2D eigenvalue weighted by atomic mass is 9.68. The lowest BCUT2D eigenvalue weighted by Gasteiger charge is -2.44. The SMILES string of the molecule is CC/C(=C\c1ccc(O)c2ccccc12)CC[C@@H](O)C1=C(CO[Si](c2ccccc2)(c2ccccc2)C(C)(C)C)C[C@H]2C(=O)N(C3CCN(Cc4ccccc4)CC3)C(=O)[C@H]2[C@H]1CO. The normalized spacial score (nSPS) is 20.9. The van der Waals surface area contributed by atoms with E-state index in [0.29, 0.717) is 31.3 Å². The van der Waals surface area contributed by atoms with Gasteiger partial charge in [-0.2, -0.15) is 0 Å². The quantitative estimate of drug-likeness (QED) is 0.0549. The fourth-order valence-corrected chi connectivity index (χ4v) is 15.6. The van der Waals surface area contributed by atoms with E-state index in [9.17, 15) is 24.9 Å². The van der Waals surface area contributed by atoms with Crippen LogP contribution in [-0.2, 0) is 20.6 Å². The van der Waals surface area contributed by atoms with E-state index in [1.807, 2.05) is 48.5 Å². The van der Waals surface area contributed by atoms with Crippen molar-refractivity contribution >= 4 is 47.4 Å². The number of hydrogen-bond acceptors (Lipinski definition) is 7. The van der Waals surface area contributed by atoms with Crippen molar-refractivity contribution in [3.05, 3.63) is 155 Å². The van der Waals surface area contributed by atoms with Crippen LogP contribution in [-0.4, -0.2) is 83.7 Å². The van der Waals surface area contributed by atoms with Crippen molar-refractivity contribution in [2.45, 2.75) is 89.9 Å². The molecule has 4 atom stereocenters. The molecule has 0 aromatic heterocycles. The van der Waals surface area contributed by atoms with E-state index in [1.54, 1.807) is 11.0 Å². The largest absolute Gasteiger partial charge is 0.507 e. The Morgan fingerprint density at radius 2 is 1.41 bits per heavy atom. The standard InChI is InChI=1S/C55H64N2O6Si/c1-5-38(33-40-26-28-49(59)46-24-16-15-23-45(40)46)25-27-50(60)51-41(37-63-64(55(2,3)4,43-19-11-7-12-20-43)44-21-13-8-14-22-44)34-47-52(48(51)36-58)54(62)57(53(47)61)42-29-31-56(32-30-42)35-39-17-9-6-10-18-39/h6-24,26,28,33,42,47-48,50,52,58-60H,5,25,27,29-32,34-37H2,1-4H3/b38-33+/t47-,48+,50-,52-/m1/s1. The highest BCUT2D eigenvalue weighted by Gasteiger charge is 2.57. The molecule has 0 saturated carbocycles. The van der Waals surface area contributed by atoms with E-state index < -0.39 is 32.2 Å². The fourth-order valence-electron chi connectivity index (χ4n) is 11.1. The number of allylic oxidation sites excluding steroid dienone is 1. The zero-order valence-corrected chi connectivity index (χ0v) is 38.8. The summed E-state index contributed by atoms with van der Waals surface area (Å²) >= 11 is 0. The topological polar surface area (TPSA) is 111 Å². The molecular weight excluding hydrogens is 813 g/mol. The number of likely N-dealkylation sites (tertiary alicyclic amines) is 2. The summed E-state index contributed by atoms with van der Waals surface area (Å²) in [4.78, 5) is 33.4. The zero-order chi connectivity index (χ0) is 45.0. The number of hydrogen-bond donors (Lipinski definition) is 3. The number of piperidine rings is 1. The van der Waals surface area contributed by atoms with Gasteiger partial charge < -0.3 is 19.7 Å². The molecule has 2 fully saturated rings. The predicted octanol–water partition coefficient (Wildman–Crippen LogP) is 8.63. The van der Waals surface area contributed by atoms with E-state index in [-0.39, 0.29) is 48.3 Å². The number of aliphatic hydroxyl groups excluding tert-OH is 2. The second-order valence-electron chi connectivity index (χ2n) is 19.1. The van der Waals surface area contributed by atoms with Crippen LogP contribution >= 0.6 is 0 Å². The second kappa shape index (κ2) is 19.5. The van der Waals surface area contributed by atoms with Crippen molar-refractivity contribution in [2.24, 2.45) is 17.8 Å². The van der Waals surface area contributed by atoms with Crippen LogP contribution in [0, 0.1) is 17.8 Å². The van der Waals surface area contributed by atoms with E-state index in [2.05, 4.69) is 111 Å². The first-order valence-corrected chi connectivity index (χ1v) is 25.1. The molecule has 0 spiro atoms. The van der Waals surface area contributed by atoms with Crippen LogP contribution in [0.25, 0.3) is 16.8 Å². The van der Waals surface area contributed by atoms with Gasteiger partial charge in [-0.05, 0) is 87.7 Å². The van der Waals surface area contributed by atoms with E-state index >= 15 is 0 Å². The third-order valence-electron chi connectivity index (χ3n) is 14.3. The molecule has 3 aliphatic rings. The van der Waals surface area contributed by atoms with Crippen molar-refractivity contribution in [3.63, 3.8) is 0 Å². The highest BCUT2D eigenvalue weighted by atomic mass is 28.4. The molecule has 5 aromatic carbocycles. The Morgan fingerprint density at radius 3 is 2.00 bits per heavy atom. The summed E-state index contributed by atoms with van der Waals surface area (Å²) in [6.07, 6.45) is 4.55. The number of phenols is 1. The number of aromatic hydroxyl groups is 1. The van der Waals surface area contributed by atoms with Crippen LogP contribution in [0.3, 0.4) is 0 Å². The summed E-state index contributed by atoms with van der Waals surface area (Å²) in [5.41, 5.74) is 4.83. The van der Waals surface area contributed by atoms with Gasteiger partial charge in [-0.25, -0.2) is 0 Å². The molecule has 3 N–H and O–H groups in total. The zero-order valence-electron chi connectivity index (χ0n) is 37.8. The maximum atomic E-state index is 14.8. The molecule has 5 aromatic rings. The highest BCUT2D eigenvalue weighted by molar-refractivity contribution is 6.99. The number of phenolic OH excluding ortho intramolecular Hbond substituents is 1. The molecule has 0 radical (unpaired) electrons. The molecule has 334 valence electrons. The molecular formula is C55H64N2O6Si. The Bertz CT molecular complexity index is 2440. The van der Waals surface area contributed by atoms with Crippen molar-refractivity contribution in [3.8, 4) is 5.75 Å². The van der Waals surface area contributed by atoms with Crippen molar-refractivity contribution in [1.82, 2.24) is 9.80 Å². The summed E-state index contributed by atoms with van der Waals surface area (Å²) in [7, 11) is -3.05. The number of imide groups is 1. The van der Waals surface area contributed by atoms with Gasteiger partial charge in [0.05, 0.1) is 31.2 Å². The minimum atomic E-state index is -3.05. The molecule has 64 heavy (non-hydrogen) atoms. The van der Waals surface area contributed by atoms with Gasteiger partial charge in [-0.15, -0.1) is 0 Å². The highest BCUT2D eigenvalue weighted by Crippen LogP contribution is 2.48. The van der Waals surface area contributed by atoms with Crippen molar-refractivity contribution < 1.29 is 29.3 Å². The summed E-state index contributed by atoms with van der Waals surface area (Å²) in [6.45, 7) is 11.0. The molecule has 9 heteroatoms. The molecule has 8 nitrogen and oxygen atoms in total. The minimum absolute atomic E-state index is 0.161. The fraction of sp³-hybridized carbons (Fsp3) is 0.382. The van der Waals surface area contributed by atoms with Crippen LogP contribution in [0.5, 0.6) is 5.75 Å². The number of nitrogens with zero attached hydrogens (tertiary/aromatic N) is 2. The smallest absolute Gasteiger partial charge is 0.261 e. The van der Waals surface area contributed by atoms with E-state index in [4.69, 9.17) is 4.43 Å². The van der Waals surface area contributed by atoms with Gasteiger partial charge in [0.15, 0.2) is 0 Å². The number of rotatable bonds is 15. The van der Waals surface area contributed by atoms with Gasteiger partial charge in [0, 0.05) is 37.0 Å². The van der Waals surface area contributed by atoms with Gasteiger partial charge in [-0.3, -0.25) is 19.4 Å². The molecule has 0 unspecified atom stereocenters. The monoisotopic (exact) mass is 876 g/mol. The Kier molecular flexibility index (Phi) is 13.8. The van der Waals surface area contributed by atoms with Gasteiger partial charge >= 0.3 is 0 Å². The summed E-state index contributed by atoms with van der Waals surface area (Å²) in [6, 6.07) is 42.5. The Balaban J connectivity index is 1.13. The third-order valence-corrected chi connectivity index (χ3v) is 19.3. The van der Waals surface area contributed by atoms with Gasteiger partial charge in [-0.1, -0.05) is 161 Å². The summed E-state index contributed by atoms with van der Waals surface area (Å²) in [5, 5.41) is 38.2. The van der Waals surface area contributed by atoms with Crippen LogP contribution in [0.15, 0.2) is 144 Å². The average molecular weight is 877 g/mol. The van der Waals surface area contributed by atoms with Gasteiger partial charge in [0.1, 0.15) is 5.75 Å². The maximum Gasteiger partial charge on any atom is 0.261 e. The molecule has 2 amide bonds. The number of aliphatic hydroxyl groups is 2. The summed E-state index contributed by atoms with van der Waals surface area (Å²) < 4.78 is 7.51. The second-order valence-corrected chi connectivity index (χ2v) is 23.4. The maximum absolute atomic E-state index is 14.8. The van der Waals surface area contributed by atoms with Gasteiger partial charge in [0.2, 0.25) is 11.8 Å². The number of benzene rings is 5. The van der Waals surface area contributed by atoms with Crippen LogP contribution in [0.4, 0.5) is 0 Å². The van der Waals surface area contributed by atoms with E-state index in [0.717, 1.165) is 63.9 Å². The molecule has 8 rings (SSSR count). The first-order chi connectivity index (χ1) is 30.9. The molecule has 0 bridgehead atoms. The first-order valence-electron chi connectivity index (χ1n) is 23.2. The lowest BCUT2D eigenvalue weighted by Crippen LogP contribution is -2.66. The number of carbonyl (C=O) groups is 2. The molecule has 1 aliphatic carbocycles. The molecule has 2 aliphatic heterocycles. The van der Waals surface area contributed by atoms with Crippen LogP contribution < -0.4 is 10.4 Å². The Morgan fingerprint density at radius 1 is 0.812 bits per heavy atom. The van der Waals surface area contributed by atoms with E-state index in [1.165, 1.54) is 5.56 Å². The average Bonchev–Trinajstić information content (AvgIpc) is 3.56. The third kappa shape index (κ3) is 8.93. The van der Waals surface area contributed by atoms with Crippen molar-refractivity contribution in [1.29, 1.82) is 0 Å². The minimum Gasteiger partial charge on any atom is -0.507 e. The van der Waals surface area contributed by atoms with Crippen LogP contribution in [0.1, 0.15) is 77.3 Å². The first kappa shape index (κ1) is 45.4. The molecule has 2 heterocycles. The number of amides is 2. The lowest BCUT2D eigenvalue weighted by molar-refractivity contribution is -0.144. The Hall–Kier alpha value is -5.16. The molecule has 2 saturated heterocycles.